The van der Waals surface area contributed by atoms with Crippen LogP contribution in [0.4, 0.5) is 5.69 Å². The van der Waals surface area contributed by atoms with Gasteiger partial charge < -0.3 is 9.80 Å². The minimum atomic E-state index is 0.0495. The molecule has 2 amide bonds. The van der Waals surface area contributed by atoms with Gasteiger partial charge in [-0.15, -0.1) is 0 Å². The van der Waals surface area contributed by atoms with Crippen molar-refractivity contribution in [3.63, 3.8) is 0 Å². The van der Waals surface area contributed by atoms with E-state index in [0.717, 1.165) is 43.6 Å². The average Bonchev–Trinajstić information content (AvgIpc) is 3.13. The second-order valence-electron chi connectivity index (χ2n) is 8.63. The van der Waals surface area contributed by atoms with Gasteiger partial charge in [-0.05, 0) is 42.5 Å². The van der Waals surface area contributed by atoms with Gasteiger partial charge in [0, 0.05) is 69.7 Å². The Morgan fingerprint density at radius 2 is 1.87 bits per heavy atom. The number of anilines is 1. The Morgan fingerprint density at radius 3 is 2.61 bits per heavy atom. The molecule has 0 radical (unpaired) electrons. The van der Waals surface area contributed by atoms with Gasteiger partial charge in [0.15, 0.2) is 0 Å². The van der Waals surface area contributed by atoms with E-state index in [1.807, 2.05) is 53.3 Å². The number of carbonyl (C=O) groups excluding carboxylic acids is 2. The maximum absolute atomic E-state index is 12.9. The molecule has 2 aromatic rings. The third-order valence-electron chi connectivity index (χ3n) is 6.66. The predicted molar refractivity (Wildman–Crippen MR) is 121 cm³/mol. The minimum absolute atomic E-state index is 0.0495. The summed E-state index contributed by atoms with van der Waals surface area (Å²) in [7, 11) is 0. The molecule has 1 fully saturated rings. The molecule has 2 bridgehead atoms. The van der Waals surface area contributed by atoms with Crippen molar-refractivity contribution < 1.29 is 9.59 Å². The molecule has 6 heteroatoms. The Morgan fingerprint density at radius 1 is 1.06 bits per heavy atom. The third-order valence-corrected chi connectivity index (χ3v) is 6.66. The van der Waals surface area contributed by atoms with Crippen LogP contribution in [0.5, 0.6) is 0 Å². The summed E-state index contributed by atoms with van der Waals surface area (Å²) in [5.74, 6) is 0.210. The highest BCUT2D eigenvalue weighted by Gasteiger charge is 2.36. The maximum Gasteiger partial charge on any atom is 0.223 e. The largest absolute Gasteiger partial charge is 0.337 e. The van der Waals surface area contributed by atoms with Crippen molar-refractivity contribution in [2.75, 3.05) is 18.0 Å². The topological polar surface area (TPSA) is 56.8 Å². The maximum atomic E-state index is 12.9. The van der Waals surface area contributed by atoms with E-state index in [9.17, 15) is 9.59 Å². The molecule has 2 atom stereocenters. The van der Waals surface area contributed by atoms with Gasteiger partial charge in [-0.2, -0.15) is 0 Å². The lowest BCUT2D eigenvalue weighted by molar-refractivity contribution is -0.132. The van der Waals surface area contributed by atoms with E-state index >= 15 is 0 Å². The smallest absolute Gasteiger partial charge is 0.223 e. The lowest BCUT2D eigenvalue weighted by Crippen LogP contribution is -2.44. The molecule has 0 spiro atoms. The van der Waals surface area contributed by atoms with Crippen LogP contribution in [0.15, 0.2) is 48.8 Å². The number of para-hydroxylation sites is 1. The number of carbonyl (C=O) groups is 2. The minimum Gasteiger partial charge on any atom is -0.337 e. The molecule has 1 saturated heterocycles. The number of hydrogen-bond donors (Lipinski definition) is 0. The molecule has 164 valence electrons. The molecule has 3 heterocycles. The molecule has 0 aliphatic carbocycles. The number of fused-ring (bicyclic) bond motifs is 3. The molecular formula is C25H32N4O2. The predicted octanol–water partition coefficient (Wildman–Crippen LogP) is 3.61. The summed E-state index contributed by atoms with van der Waals surface area (Å²) < 4.78 is 0. The number of nitrogens with zero attached hydrogens (tertiary/aromatic N) is 4. The normalized spacial score (nSPS) is 22.0. The lowest BCUT2D eigenvalue weighted by atomic mass is 10.1. The van der Waals surface area contributed by atoms with Crippen molar-refractivity contribution in [2.45, 2.75) is 64.7 Å². The average molecular weight is 421 g/mol. The van der Waals surface area contributed by atoms with Crippen molar-refractivity contribution in [1.82, 2.24) is 14.8 Å². The SMILES string of the molecule is CCC(=O)N1Cc2ccccc2N(C(C)=O)CCC2CCC(C1)N2Cc1cccnc1. The Balaban J connectivity index is 1.70. The van der Waals surface area contributed by atoms with Crippen LogP contribution >= 0.6 is 0 Å². The zero-order chi connectivity index (χ0) is 21.8. The van der Waals surface area contributed by atoms with Crippen LogP contribution in [0.1, 0.15) is 50.7 Å². The molecule has 2 aliphatic rings. The second kappa shape index (κ2) is 9.60. The van der Waals surface area contributed by atoms with Gasteiger partial charge in [0.2, 0.25) is 11.8 Å². The van der Waals surface area contributed by atoms with Gasteiger partial charge in [-0.1, -0.05) is 31.2 Å². The van der Waals surface area contributed by atoms with Crippen LogP contribution in [-0.2, 0) is 22.7 Å². The number of hydrogen-bond acceptors (Lipinski definition) is 4. The van der Waals surface area contributed by atoms with E-state index in [1.165, 1.54) is 5.56 Å². The fraction of sp³-hybridized carbons (Fsp3) is 0.480. The summed E-state index contributed by atoms with van der Waals surface area (Å²) in [6, 6.07) is 12.8. The van der Waals surface area contributed by atoms with Crippen LogP contribution < -0.4 is 4.90 Å². The summed E-state index contributed by atoms with van der Waals surface area (Å²) in [6.45, 7) is 6.33. The second-order valence-corrected chi connectivity index (χ2v) is 8.63. The number of benzene rings is 1. The first-order valence-corrected chi connectivity index (χ1v) is 11.3. The van der Waals surface area contributed by atoms with Gasteiger partial charge in [0.25, 0.3) is 0 Å². The summed E-state index contributed by atoms with van der Waals surface area (Å²) in [5, 5.41) is 0. The van der Waals surface area contributed by atoms with E-state index in [0.29, 0.717) is 31.6 Å². The molecule has 0 N–H and O–H groups in total. The monoisotopic (exact) mass is 420 g/mol. The van der Waals surface area contributed by atoms with Crippen molar-refractivity contribution in [3.8, 4) is 0 Å². The van der Waals surface area contributed by atoms with Crippen molar-refractivity contribution in [2.24, 2.45) is 0 Å². The Kier molecular flexibility index (Phi) is 6.66. The zero-order valence-electron chi connectivity index (χ0n) is 18.5. The van der Waals surface area contributed by atoms with Gasteiger partial charge in [0.1, 0.15) is 0 Å². The fourth-order valence-corrected chi connectivity index (χ4v) is 5.05. The molecule has 2 unspecified atom stereocenters. The first kappa shape index (κ1) is 21.5. The van der Waals surface area contributed by atoms with Crippen molar-refractivity contribution >= 4 is 17.5 Å². The number of aromatic nitrogens is 1. The molecule has 0 saturated carbocycles. The highest BCUT2D eigenvalue weighted by atomic mass is 16.2. The first-order valence-electron chi connectivity index (χ1n) is 11.3. The lowest BCUT2D eigenvalue weighted by Gasteiger charge is -2.33. The van der Waals surface area contributed by atoms with E-state index in [4.69, 9.17) is 0 Å². The molecule has 1 aromatic carbocycles. The van der Waals surface area contributed by atoms with Gasteiger partial charge in [0.05, 0.1) is 0 Å². The van der Waals surface area contributed by atoms with E-state index < -0.39 is 0 Å². The molecule has 6 nitrogen and oxygen atoms in total. The fourth-order valence-electron chi connectivity index (χ4n) is 5.05. The number of amides is 2. The van der Waals surface area contributed by atoms with Crippen LogP contribution in [0.3, 0.4) is 0 Å². The molecular weight excluding hydrogens is 388 g/mol. The van der Waals surface area contributed by atoms with E-state index in [2.05, 4.69) is 16.0 Å². The van der Waals surface area contributed by atoms with Crippen LogP contribution in [0, 0.1) is 0 Å². The highest BCUT2D eigenvalue weighted by molar-refractivity contribution is 5.92. The number of rotatable bonds is 3. The van der Waals surface area contributed by atoms with Gasteiger partial charge in [-0.25, -0.2) is 0 Å². The van der Waals surface area contributed by atoms with Crippen LogP contribution in [-0.4, -0.2) is 51.8 Å². The standard InChI is InChI=1S/C25H32N4O2/c1-3-25(31)27-17-21-8-4-5-9-24(21)28(19(2)30)14-12-22-10-11-23(18-27)29(22)16-20-7-6-13-26-15-20/h4-9,13,15,22-23H,3,10-12,14,16-18H2,1-2H3. The zero-order valence-corrected chi connectivity index (χ0v) is 18.5. The third kappa shape index (κ3) is 4.79. The molecule has 31 heavy (non-hydrogen) atoms. The summed E-state index contributed by atoms with van der Waals surface area (Å²) in [6.07, 6.45) is 7.29. The molecule has 2 aliphatic heterocycles. The van der Waals surface area contributed by atoms with Crippen LogP contribution in [0.2, 0.25) is 0 Å². The highest BCUT2D eigenvalue weighted by Crippen LogP contribution is 2.32. The quantitative estimate of drug-likeness (QED) is 0.761. The Bertz CT molecular complexity index is 917. The van der Waals surface area contributed by atoms with Crippen LogP contribution in [0.25, 0.3) is 0 Å². The van der Waals surface area contributed by atoms with E-state index in [1.54, 1.807) is 13.1 Å². The Hall–Kier alpha value is -2.73. The van der Waals surface area contributed by atoms with Gasteiger partial charge in [-0.3, -0.25) is 19.5 Å². The molecule has 1 aromatic heterocycles. The van der Waals surface area contributed by atoms with Gasteiger partial charge >= 0.3 is 0 Å². The van der Waals surface area contributed by atoms with E-state index in [-0.39, 0.29) is 11.8 Å². The summed E-state index contributed by atoms with van der Waals surface area (Å²) in [5.41, 5.74) is 3.16. The summed E-state index contributed by atoms with van der Waals surface area (Å²) in [4.78, 5) is 36.2. The Labute approximate surface area is 184 Å². The molecule has 4 rings (SSSR count). The first-order chi connectivity index (χ1) is 15.1. The number of pyridine rings is 1. The van der Waals surface area contributed by atoms with Crippen molar-refractivity contribution in [1.29, 1.82) is 0 Å². The summed E-state index contributed by atoms with van der Waals surface area (Å²) >= 11 is 0. The van der Waals surface area contributed by atoms with Crippen molar-refractivity contribution in [3.05, 3.63) is 59.9 Å².